The molecule has 1 unspecified atom stereocenters. The van der Waals surface area contributed by atoms with E-state index in [1.165, 1.54) is 51.4 Å². The lowest BCUT2D eigenvalue weighted by atomic mass is 10.1. The van der Waals surface area contributed by atoms with Crippen molar-refractivity contribution in [2.45, 2.75) is 188 Å². The number of fused-ring (bicyclic) bond motifs is 1. The smallest absolute Gasteiger partial charge is 0.306 e. The maximum absolute atomic E-state index is 13.1. The van der Waals surface area contributed by atoms with E-state index in [9.17, 15) is 19.4 Å². The fourth-order valence-electron chi connectivity index (χ4n) is 6.98. The van der Waals surface area contributed by atoms with Gasteiger partial charge in [0.2, 0.25) is 7.94 Å². The van der Waals surface area contributed by atoms with E-state index in [1.807, 2.05) is 19.1 Å². The third-order valence-corrected chi connectivity index (χ3v) is 11.9. The molecular formula is C49H82N2O7P+. The minimum atomic E-state index is -4.01. The molecule has 334 valence electrons. The first kappa shape index (κ1) is 52.3. The Bertz CT molecular complexity index is 1360. The summed E-state index contributed by atoms with van der Waals surface area (Å²) in [6.45, 7) is 7.91. The van der Waals surface area contributed by atoms with Crippen molar-refractivity contribution < 1.29 is 37.9 Å². The Morgan fingerprint density at radius 3 is 1.80 bits per heavy atom. The average molecular weight is 842 g/mol. The van der Waals surface area contributed by atoms with Crippen molar-refractivity contribution in [3.05, 3.63) is 72.5 Å². The van der Waals surface area contributed by atoms with Crippen LogP contribution in [0, 0.1) is 6.92 Å². The highest BCUT2D eigenvalue weighted by atomic mass is 31.2. The van der Waals surface area contributed by atoms with Gasteiger partial charge in [0.1, 0.15) is 39.0 Å². The predicted molar refractivity (Wildman–Crippen MR) is 243 cm³/mol. The minimum absolute atomic E-state index is 0.0693. The molecule has 0 saturated heterocycles. The normalized spacial score (nSPS) is 14.6. The van der Waals surface area contributed by atoms with Crippen molar-refractivity contribution in [2.75, 3.05) is 37.4 Å². The van der Waals surface area contributed by atoms with Crippen LogP contribution in [0.2, 0.25) is 0 Å². The van der Waals surface area contributed by atoms with Gasteiger partial charge >= 0.3 is 11.9 Å². The molecule has 9 nitrogen and oxygen atoms in total. The summed E-state index contributed by atoms with van der Waals surface area (Å²) in [6, 6.07) is 4.06. The van der Waals surface area contributed by atoms with Crippen molar-refractivity contribution in [3.63, 3.8) is 0 Å². The van der Waals surface area contributed by atoms with Crippen LogP contribution in [0.15, 0.2) is 66.9 Å². The van der Waals surface area contributed by atoms with E-state index in [2.05, 4.69) is 78.1 Å². The number of anilines is 1. The summed E-state index contributed by atoms with van der Waals surface area (Å²) in [5.41, 5.74) is 1.16. The minimum Gasteiger partial charge on any atom is -0.631 e. The first-order chi connectivity index (χ1) is 28.7. The van der Waals surface area contributed by atoms with E-state index in [0.29, 0.717) is 13.0 Å². The molecule has 2 atom stereocenters. The number of hydrogen-bond acceptors (Lipinski definition) is 8. The summed E-state index contributed by atoms with van der Waals surface area (Å²) in [7, 11) is -4.01. The molecule has 1 aromatic heterocycles. The van der Waals surface area contributed by atoms with Crippen LogP contribution in [-0.2, 0) is 30.1 Å². The second-order valence-corrected chi connectivity index (χ2v) is 18.1. The number of pyridine rings is 1. The lowest BCUT2D eigenvalue weighted by Gasteiger charge is -2.25. The molecule has 0 saturated carbocycles. The van der Waals surface area contributed by atoms with Crippen molar-refractivity contribution in [2.24, 2.45) is 0 Å². The van der Waals surface area contributed by atoms with Crippen LogP contribution in [0.1, 0.15) is 174 Å². The summed E-state index contributed by atoms with van der Waals surface area (Å²) in [5.74, 6) is 0.229. The fraction of sp³-hybridized carbons (Fsp3) is 0.694. The van der Waals surface area contributed by atoms with Crippen molar-refractivity contribution >= 4 is 25.7 Å². The highest BCUT2D eigenvalue weighted by Crippen LogP contribution is 2.46. The number of aromatic nitrogens is 1. The van der Waals surface area contributed by atoms with Crippen LogP contribution in [0.4, 0.5) is 5.82 Å². The number of carbonyl (C=O) groups is 2. The van der Waals surface area contributed by atoms with Crippen LogP contribution in [-0.4, -0.2) is 55.4 Å². The molecule has 0 aliphatic carbocycles. The third-order valence-electron chi connectivity index (χ3n) is 10.6. The summed E-state index contributed by atoms with van der Waals surface area (Å²) >= 11 is 0. The van der Waals surface area contributed by atoms with E-state index < -0.39 is 20.0 Å². The fourth-order valence-corrected chi connectivity index (χ4v) is 8.01. The second-order valence-electron chi connectivity index (χ2n) is 16.2. The zero-order valence-electron chi connectivity index (χ0n) is 37.4. The van der Waals surface area contributed by atoms with Gasteiger partial charge < -0.3 is 14.4 Å². The van der Waals surface area contributed by atoms with Crippen LogP contribution < -0.4 is 14.4 Å². The third kappa shape index (κ3) is 28.3. The largest absolute Gasteiger partial charge is 0.631 e. The maximum Gasteiger partial charge on any atom is 0.306 e. The Kier molecular flexibility index (Phi) is 30.9. The molecule has 0 amide bonds. The Balaban J connectivity index is 1.70. The van der Waals surface area contributed by atoms with E-state index in [0.717, 1.165) is 108 Å². The lowest BCUT2D eigenvalue weighted by molar-refractivity contribution is -0.671. The van der Waals surface area contributed by atoms with Crippen LogP contribution in [0.5, 0.6) is 0 Å². The SMILES string of the molecule is CCCCC/C=C\C/C=C\CCCCCCCC(=O)OC[C@H](CO[P+]([O-])(O)CCN1CC[n+]2cc(C)ccc21)OC(=O)CCCCCCC/C=C\C/C=C\CCCCC. The molecule has 0 bridgehead atoms. The molecule has 1 aromatic rings. The number of esters is 2. The molecule has 2 rings (SSSR count). The number of nitrogens with zero attached hydrogens (tertiary/aromatic N) is 2. The Labute approximate surface area is 360 Å². The number of carbonyl (C=O) groups excluding carboxylic acids is 2. The van der Waals surface area contributed by atoms with Crippen LogP contribution in [0.25, 0.3) is 0 Å². The topological polar surface area (TPSA) is 112 Å². The zero-order valence-corrected chi connectivity index (χ0v) is 38.3. The van der Waals surface area contributed by atoms with Gasteiger partial charge in [-0.2, -0.15) is 0 Å². The molecule has 0 aromatic carbocycles. The number of unbranched alkanes of at least 4 members (excludes halogenated alkanes) is 16. The second kappa shape index (κ2) is 34.8. The number of ether oxygens (including phenoxy) is 2. The van der Waals surface area contributed by atoms with Crippen molar-refractivity contribution in [1.82, 2.24) is 0 Å². The van der Waals surface area contributed by atoms with Gasteiger partial charge in [-0.3, -0.25) is 14.5 Å². The van der Waals surface area contributed by atoms with E-state index >= 15 is 0 Å². The number of rotatable bonds is 37. The predicted octanol–water partition coefficient (Wildman–Crippen LogP) is 11.3. The summed E-state index contributed by atoms with van der Waals surface area (Å²) in [5, 5.41) is 0. The molecule has 0 spiro atoms. The molecule has 1 aliphatic rings. The first-order valence-electron chi connectivity index (χ1n) is 23.4. The maximum atomic E-state index is 13.1. The first-order valence-corrected chi connectivity index (χ1v) is 25.2. The van der Waals surface area contributed by atoms with Crippen molar-refractivity contribution in [1.29, 1.82) is 0 Å². The quantitative estimate of drug-likeness (QED) is 0.0232. The summed E-state index contributed by atoms with van der Waals surface area (Å²) in [4.78, 5) is 51.4. The van der Waals surface area contributed by atoms with E-state index in [-0.39, 0.29) is 38.2 Å². The van der Waals surface area contributed by atoms with Gasteiger partial charge in [0.05, 0.1) is 6.20 Å². The van der Waals surface area contributed by atoms with E-state index in [1.54, 1.807) is 0 Å². The lowest BCUT2D eigenvalue weighted by Crippen LogP contribution is -2.34. The number of allylic oxidation sites excluding steroid dienone is 8. The Hall–Kier alpha value is -2.84. The number of aryl methyl sites for hydroxylation is 1. The van der Waals surface area contributed by atoms with Gasteiger partial charge in [-0.15, -0.1) is 0 Å². The van der Waals surface area contributed by atoms with Gasteiger partial charge in [-0.05, 0) is 95.6 Å². The molecule has 10 heteroatoms. The van der Waals surface area contributed by atoms with Gasteiger partial charge in [0.25, 0.3) is 5.82 Å². The summed E-state index contributed by atoms with van der Waals surface area (Å²) < 4.78 is 18.8. The molecule has 2 heterocycles. The van der Waals surface area contributed by atoms with Gasteiger partial charge in [0, 0.05) is 18.9 Å². The molecule has 1 aliphatic heterocycles. The van der Waals surface area contributed by atoms with Crippen LogP contribution >= 0.6 is 7.94 Å². The number of hydrogen-bond donors (Lipinski definition) is 1. The average Bonchev–Trinajstić information content (AvgIpc) is 3.62. The zero-order chi connectivity index (χ0) is 42.7. The standard InChI is InChI=1S/C49H81N2O7P/c1-4-6-8-10-12-14-16-18-20-22-24-26-28-30-32-34-48(52)56-43-46(44-57-59(54,55)41-40-50-38-39-51-42-45(3)36-37-47(50)51)58-49(53)35-33-31-29-27-25-23-21-19-17-15-13-11-9-7-5-2/h12-15,18-21,36-37,42,46H,4-11,16-17,22-35,38-41,43-44H2,1-3H3/p+1/b14-12-,15-13-,20-18-,21-19-/t46-/m1/s1. The Morgan fingerprint density at radius 2 is 1.24 bits per heavy atom. The molecule has 0 radical (unpaired) electrons. The monoisotopic (exact) mass is 842 g/mol. The van der Waals surface area contributed by atoms with Gasteiger partial charge in [-0.25, -0.2) is 14.0 Å². The molecular weight excluding hydrogens is 760 g/mol. The molecule has 1 N–H and O–H groups in total. The molecule has 0 fully saturated rings. The van der Waals surface area contributed by atoms with Gasteiger partial charge in [0.15, 0.2) is 6.10 Å². The highest BCUT2D eigenvalue weighted by molar-refractivity contribution is 7.58. The van der Waals surface area contributed by atoms with Crippen LogP contribution in [0.3, 0.4) is 0 Å². The highest BCUT2D eigenvalue weighted by Gasteiger charge is 2.34. The molecule has 59 heavy (non-hydrogen) atoms. The van der Waals surface area contributed by atoms with Crippen molar-refractivity contribution in [3.8, 4) is 0 Å². The van der Waals surface area contributed by atoms with Gasteiger partial charge in [-0.1, -0.05) is 127 Å². The van der Waals surface area contributed by atoms with E-state index in [4.69, 9.17) is 14.0 Å². The Morgan fingerprint density at radius 1 is 0.729 bits per heavy atom. The summed E-state index contributed by atoms with van der Waals surface area (Å²) in [6.07, 6.45) is 43.8.